The number of ether oxygens (including phenoxy) is 1. The van der Waals surface area contributed by atoms with Crippen LogP contribution in [0.3, 0.4) is 0 Å². The van der Waals surface area contributed by atoms with Gasteiger partial charge in [0.15, 0.2) is 5.76 Å². The van der Waals surface area contributed by atoms with Gasteiger partial charge in [-0.3, -0.25) is 14.5 Å². The third-order valence-corrected chi connectivity index (χ3v) is 6.21. The van der Waals surface area contributed by atoms with Gasteiger partial charge in [-0.05, 0) is 62.9 Å². The molecule has 0 aliphatic carbocycles. The van der Waals surface area contributed by atoms with E-state index in [1.54, 1.807) is 17.0 Å². The molecular formula is C24H29FN2O4. The molecule has 2 aliphatic heterocycles. The molecule has 1 aromatic heterocycles. The quantitative estimate of drug-likeness (QED) is 0.476. The Morgan fingerprint density at radius 3 is 2.55 bits per heavy atom. The van der Waals surface area contributed by atoms with E-state index in [1.165, 1.54) is 18.4 Å². The first kappa shape index (κ1) is 21.7. The maximum absolute atomic E-state index is 13.9. The normalized spacial score (nSPS) is 20.1. The number of rotatable bonds is 8. The second-order valence-electron chi connectivity index (χ2n) is 8.46. The summed E-state index contributed by atoms with van der Waals surface area (Å²) < 4.78 is 24.8. The number of piperidine rings is 1. The van der Waals surface area contributed by atoms with Gasteiger partial charge in [-0.15, -0.1) is 0 Å². The number of hydrogen-bond acceptors (Lipinski definition) is 5. The summed E-state index contributed by atoms with van der Waals surface area (Å²) in [6, 6.07) is 10.0. The molecule has 0 radical (unpaired) electrons. The molecule has 0 saturated carbocycles. The Labute approximate surface area is 182 Å². The SMILES string of the molecule is O=C(C(=O)N(CC1CCN(Cc2ccccc2F)CC1)C[C@H]1CCCO1)c1ccco1. The molecule has 2 aromatic rings. The highest BCUT2D eigenvalue weighted by Gasteiger charge is 2.31. The van der Waals surface area contributed by atoms with Crippen molar-refractivity contribution in [2.45, 2.75) is 38.3 Å². The Morgan fingerprint density at radius 2 is 1.87 bits per heavy atom. The molecule has 0 unspecified atom stereocenters. The minimum Gasteiger partial charge on any atom is -0.461 e. The first-order valence-corrected chi connectivity index (χ1v) is 11.0. The van der Waals surface area contributed by atoms with Gasteiger partial charge in [-0.2, -0.15) is 0 Å². The van der Waals surface area contributed by atoms with Gasteiger partial charge in [0.2, 0.25) is 0 Å². The summed E-state index contributed by atoms with van der Waals surface area (Å²) in [7, 11) is 0. The van der Waals surface area contributed by atoms with Crippen LogP contribution in [0.4, 0.5) is 4.39 Å². The Hall–Kier alpha value is -2.51. The van der Waals surface area contributed by atoms with E-state index in [0.29, 0.717) is 37.7 Å². The summed E-state index contributed by atoms with van der Waals surface area (Å²) in [5.41, 5.74) is 0.709. The lowest BCUT2D eigenvalue weighted by atomic mass is 9.95. The summed E-state index contributed by atoms with van der Waals surface area (Å²) >= 11 is 0. The van der Waals surface area contributed by atoms with Gasteiger partial charge in [0.05, 0.1) is 12.4 Å². The fraction of sp³-hybridized carbons (Fsp3) is 0.500. The Kier molecular flexibility index (Phi) is 7.14. The van der Waals surface area contributed by atoms with Crippen molar-refractivity contribution < 1.29 is 23.1 Å². The topological polar surface area (TPSA) is 63.0 Å². The molecule has 0 bridgehead atoms. The van der Waals surface area contributed by atoms with E-state index < -0.39 is 11.7 Å². The lowest BCUT2D eigenvalue weighted by Gasteiger charge is -2.35. The van der Waals surface area contributed by atoms with Crippen molar-refractivity contribution in [3.63, 3.8) is 0 Å². The largest absolute Gasteiger partial charge is 0.461 e. The molecule has 0 N–H and O–H groups in total. The molecule has 0 spiro atoms. The molecule has 1 aromatic carbocycles. The lowest BCUT2D eigenvalue weighted by molar-refractivity contribution is -0.129. The van der Waals surface area contributed by atoms with Crippen LogP contribution in [0.15, 0.2) is 47.1 Å². The van der Waals surface area contributed by atoms with Crippen molar-refractivity contribution >= 4 is 11.7 Å². The van der Waals surface area contributed by atoms with Gasteiger partial charge in [0.25, 0.3) is 11.7 Å². The molecule has 4 rings (SSSR count). The predicted octanol–water partition coefficient (Wildman–Crippen LogP) is 3.52. The van der Waals surface area contributed by atoms with Crippen LogP contribution >= 0.6 is 0 Å². The molecule has 2 fully saturated rings. The van der Waals surface area contributed by atoms with Crippen LogP contribution in [0.2, 0.25) is 0 Å². The fourth-order valence-electron chi connectivity index (χ4n) is 4.44. The molecule has 2 aliphatic rings. The van der Waals surface area contributed by atoms with Gasteiger partial charge in [-0.1, -0.05) is 18.2 Å². The van der Waals surface area contributed by atoms with Crippen LogP contribution in [-0.4, -0.2) is 60.4 Å². The predicted molar refractivity (Wildman–Crippen MR) is 113 cm³/mol. The van der Waals surface area contributed by atoms with Gasteiger partial charge >= 0.3 is 0 Å². The van der Waals surface area contributed by atoms with Crippen LogP contribution < -0.4 is 0 Å². The molecule has 6 nitrogen and oxygen atoms in total. The van der Waals surface area contributed by atoms with Gasteiger partial charge in [0, 0.05) is 31.8 Å². The highest BCUT2D eigenvalue weighted by atomic mass is 19.1. The molecule has 7 heteroatoms. The number of hydrogen-bond donors (Lipinski definition) is 0. The van der Waals surface area contributed by atoms with Crippen LogP contribution in [0.5, 0.6) is 0 Å². The maximum atomic E-state index is 13.9. The number of nitrogens with zero attached hydrogens (tertiary/aromatic N) is 2. The summed E-state index contributed by atoms with van der Waals surface area (Å²) in [6.07, 6.45) is 5.07. The zero-order valence-electron chi connectivity index (χ0n) is 17.7. The second kappa shape index (κ2) is 10.2. The average Bonchev–Trinajstić information content (AvgIpc) is 3.49. The van der Waals surface area contributed by atoms with Crippen molar-refractivity contribution in [1.82, 2.24) is 9.80 Å². The van der Waals surface area contributed by atoms with Crippen molar-refractivity contribution in [3.05, 3.63) is 59.8 Å². The van der Waals surface area contributed by atoms with Crippen molar-refractivity contribution in [2.24, 2.45) is 5.92 Å². The van der Waals surface area contributed by atoms with E-state index in [9.17, 15) is 14.0 Å². The first-order chi connectivity index (χ1) is 15.1. The van der Waals surface area contributed by atoms with E-state index in [1.807, 2.05) is 12.1 Å². The average molecular weight is 429 g/mol. The highest BCUT2D eigenvalue weighted by Crippen LogP contribution is 2.23. The van der Waals surface area contributed by atoms with Crippen LogP contribution in [0, 0.1) is 11.7 Å². The second-order valence-corrected chi connectivity index (χ2v) is 8.46. The molecule has 2 saturated heterocycles. The molecule has 3 heterocycles. The van der Waals surface area contributed by atoms with E-state index in [2.05, 4.69) is 4.90 Å². The number of furan rings is 1. The third-order valence-electron chi connectivity index (χ3n) is 6.21. The number of ketones is 1. The first-order valence-electron chi connectivity index (χ1n) is 11.0. The van der Waals surface area contributed by atoms with Gasteiger partial charge in [0.1, 0.15) is 5.82 Å². The van der Waals surface area contributed by atoms with Crippen molar-refractivity contribution in [3.8, 4) is 0 Å². The van der Waals surface area contributed by atoms with Gasteiger partial charge in [-0.25, -0.2) is 4.39 Å². The maximum Gasteiger partial charge on any atom is 0.298 e. The van der Waals surface area contributed by atoms with Crippen LogP contribution in [0.25, 0.3) is 0 Å². The number of Topliss-reactive ketones (excluding diaryl/α,β-unsaturated/α-hetero) is 1. The van der Waals surface area contributed by atoms with Crippen molar-refractivity contribution in [2.75, 3.05) is 32.8 Å². The standard InChI is InChI=1S/C24H29FN2O4/c25-21-7-2-1-5-19(21)16-26-11-9-18(10-12-26)15-27(17-20-6-3-13-30-20)24(29)23(28)22-8-4-14-31-22/h1-2,4-5,7-8,14,18,20H,3,6,9-13,15-17H2/t20-/m1/s1. The minimum absolute atomic E-state index is 0.0190. The van der Waals surface area contributed by atoms with E-state index in [0.717, 1.165) is 38.8 Å². The van der Waals surface area contributed by atoms with E-state index in [-0.39, 0.29) is 17.7 Å². The van der Waals surface area contributed by atoms with Crippen LogP contribution in [0.1, 0.15) is 41.8 Å². The smallest absolute Gasteiger partial charge is 0.298 e. The monoisotopic (exact) mass is 428 g/mol. The number of amides is 1. The molecule has 1 amide bonds. The van der Waals surface area contributed by atoms with Gasteiger partial charge < -0.3 is 14.1 Å². The van der Waals surface area contributed by atoms with E-state index >= 15 is 0 Å². The summed E-state index contributed by atoms with van der Waals surface area (Å²) in [5.74, 6) is -0.942. The Morgan fingerprint density at radius 1 is 1.06 bits per heavy atom. The fourth-order valence-corrected chi connectivity index (χ4v) is 4.44. The van der Waals surface area contributed by atoms with Crippen LogP contribution in [-0.2, 0) is 16.1 Å². The summed E-state index contributed by atoms with van der Waals surface area (Å²) in [4.78, 5) is 29.4. The summed E-state index contributed by atoms with van der Waals surface area (Å²) in [6.45, 7) is 3.93. The zero-order valence-corrected chi connectivity index (χ0v) is 17.7. The molecule has 166 valence electrons. The number of halogens is 1. The van der Waals surface area contributed by atoms with E-state index in [4.69, 9.17) is 9.15 Å². The summed E-state index contributed by atoms with van der Waals surface area (Å²) in [5, 5.41) is 0. The molecule has 1 atom stereocenters. The minimum atomic E-state index is -0.611. The Balaban J connectivity index is 1.35. The number of carbonyl (C=O) groups excluding carboxylic acids is 2. The number of benzene rings is 1. The molecule has 31 heavy (non-hydrogen) atoms. The highest BCUT2D eigenvalue weighted by molar-refractivity contribution is 6.41. The Bertz CT molecular complexity index is 871. The van der Waals surface area contributed by atoms with Crippen molar-refractivity contribution in [1.29, 1.82) is 0 Å². The zero-order chi connectivity index (χ0) is 21.6. The molecular weight excluding hydrogens is 399 g/mol. The number of carbonyl (C=O) groups is 2. The number of likely N-dealkylation sites (tertiary alicyclic amines) is 1. The third kappa shape index (κ3) is 5.60. The lowest BCUT2D eigenvalue weighted by Crippen LogP contribution is -2.46.